The van der Waals surface area contributed by atoms with E-state index in [0.29, 0.717) is 21.7 Å². The van der Waals surface area contributed by atoms with E-state index in [0.717, 1.165) is 5.56 Å². The number of Topliss-reactive ketones (excluding diaryl/α,β-unsaturated/α-hetero) is 1. The lowest BCUT2D eigenvalue weighted by Crippen LogP contribution is -2.28. The minimum absolute atomic E-state index is 0.00450. The largest absolute Gasteiger partial charge is 0.293 e. The van der Waals surface area contributed by atoms with Gasteiger partial charge in [-0.15, -0.1) is 11.8 Å². The average Bonchev–Trinajstić information content (AvgIpc) is 2.23. The van der Waals surface area contributed by atoms with Crippen molar-refractivity contribution in [1.82, 2.24) is 0 Å². The van der Waals surface area contributed by atoms with Crippen molar-refractivity contribution in [1.29, 1.82) is 0 Å². The van der Waals surface area contributed by atoms with Crippen LogP contribution < -0.4 is 0 Å². The Balaban J connectivity index is 2.47. The van der Waals surface area contributed by atoms with Crippen LogP contribution in [0.25, 0.3) is 0 Å². The Hall–Kier alpha value is -0.350. The van der Waals surface area contributed by atoms with Gasteiger partial charge in [0.25, 0.3) is 0 Å². The number of hydrogen-bond donors (Lipinski definition) is 0. The fourth-order valence-electron chi connectivity index (χ4n) is 1.86. The van der Waals surface area contributed by atoms with Crippen LogP contribution in [0, 0.1) is 11.7 Å². The molecular formula is C12H12BrFOS. The SMILES string of the molecule is CC(C)C1SCc2c(ccc(F)c2Br)C1=O. The maximum absolute atomic E-state index is 13.3. The zero-order valence-electron chi connectivity index (χ0n) is 9.09. The molecule has 1 nitrogen and oxygen atoms in total. The van der Waals surface area contributed by atoms with Crippen molar-refractivity contribution < 1.29 is 9.18 Å². The van der Waals surface area contributed by atoms with Gasteiger partial charge in [-0.1, -0.05) is 13.8 Å². The second kappa shape index (κ2) is 4.49. The van der Waals surface area contributed by atoms with Crippen LogP contribution in [0.2, 0.25) is 0 Å². The van der Waals surface area contributed by atoms with E-state index in [9.17, 15) is 9.18 Å². The van der Waals surface area contributed by atoms with E-state index in [2.05, 4.69) is 15.9 Å². The van der Waals surface area contributed by atoms with Gasteiger partial charge in [0, 0.05) is 11.3 Å². The maximum atomic E-state index is 13.3. The van der Waals surface area contributed by atoms with Crippen LogP contribution >= 0.6 is 27.7 Å². The summed E-state index contributed by atoms with van der Waals surface area (Å²) in [6.45, 7) is 4.08. The van der Waals surface area contributed by atoms with Gasteiger partial charge in [-0.3, -0.25) is 4.79 Å². The number of ketones is 1. The van der Waals surface area contributed by atoms with Crippen LogP contribution in [-0.4, -0.2) is 11.0 Å². The predicted octanol–water partition coefficient (Wildman–Crippen LogP) is 4.04. The standard InChI is InChI=1S/C12H12BrFOS/c1-6(2)12-11(15)7-3-4-9(14)10(13)8(7)5-16-12/h3-4,6,12H,5H2,1-2H3. The van der Waals surface area contributed by atoms with Crippen molar-refractivity contribution in [3.8, 4) is 0 Å². The molecule has 0 spiro atoms. The van der Waals surface area contributed by atoms with Gasteiger partial charge in [-0.25, -0.2) is 4.39 Å². The number of fused-ring (bicyclic) bond motifs is 1. The number of rotatable bonds is 1. The molecular weight excluding hydrogens is 291 g/mol. The molecule has 2 rings (SSSR count). The molecule has 0 bridgehead atoms. The van der Waals surface area contributed by atoms with Crippen molar-refractivity contribution >= 4 is 33.5 Å². The highest BCUT2D eigenvalue weighted by atomic mass is 79.9. The second-order valence-corrected chi connectivity index (χ2v) is 6.15. The average molecular weight is 303 g/mol. The summed E-state index contributed by atoms with van der Waals surface area (Å²) in [6.07, 6.45) is 0. The molecule has 0 fully saturated rings. The van der Waals surface area contributed by atoms with Crippen molar-refractivity contribution in [3.63, 3.8) is 0 Å². The molecule has 1 aromatic carbocycles. The van der Waals surface area contributed by atoms with Crippen LogP contribution in [0.15, 0.2) is 16.6 Å². The highest BCUT2D eigenvalue weighted by Gasteiger charge is 2.31. The van der Waals surface area contributed by atoms with Crippen LogP contribution in [0.4, 0.5) is 4.39 Å². The molecule has 1 heterocycles. The number of thioether (sulfide) groups is 1. The third-order valence-electron chi connectivity index (χ3n) is 2.73. The van der Waals surface area contributed by atoms with Gasteiger partial charge in [0.15, 0.2) is 5.78 Å². The molecule has 86 valence electrons. The second-order valence-electron chi connectivity index (χ2n) is 4.23. The minimum atomic E-state index is -0.296. The molecule has 0 aliphatic carbocycles. The first-order valence-corrected chi connectivity index (χ1v) is 6.99. The highest BCUT2D eigenvalue weighted by Crippen LogP contribution is 2.38. The van der Waals surface area contributed by atoms with Crippen LogP contribution in [-0.2, 0) is 5.75 Å². The van der Waals surface area contributed by atoms with E-state index >= 15 is 0 Å². The smallest absolute Gasteiger partial charge is 0.176 e. The fourth-order valence-corrected chi connectivity index (χ4v) is 3.84. The zero-order chi connectivity index (χ0) is 11.9. The lowest BCUT2D eigenvalue weighted by atomic mass is 9.96. The topological polar surface area (TPSA) is 17.1 Å². The monoisotopic (exact) mass is 302 g/mol. The van der Waals surface area contributed by atoms with Gasteiger partial charge in [-0.05, 0) is 39.5 Å². The Morgan fingerprint density at radius 1 is 1.50 bits per heavy atom. The highest BCUT2D eigenvalue weighted by molar-refractivity contribution is 9.10. The molecule has 0 aromatic heterocycles. The van der Waals surface area contributed by atoms with E-state index < -0.39 is 0 Å². The maximum Gasteiger partial charge on any atom is 0.176 e. The predicted molar refractivity (Wildman–Crippen MR) is 68.4 cm³/mol. The fraction of sp³-hybridized carbons (Fsp3) is 0.417. The van der Waals surface area contributed by atoms with Crippen LogP contribution in [0.1, 0.15) is 29.8 Å². The van der Waals surface area contributed by atoms with Crippen LogP contribution in [0.3, 0.4) is 0 Å². The van der Waals surface area contributed by atoms with Crippen molar-refractivity contribution in [2.75, 3.05) is 0 Å². The van der Waals surface area contributed by atoms with Gasteiger partial charge >= 0.3 is 0 Å². The van der Waals surface area contributed by atoms with E-state index in [4.69, 9.17) is 0 Å². The van der Waals surface area contributed by atoms with Crippen molar-refractivity contribution in [2.24, 2.45) is 5.92 Å². The number of carbonyl (C=O) groups is 1. The Kier molecular flexibility index (Phi) is 3.40. The van der Waals surface area contributed by atoms with E-state index in [1.807, 2.05) is 13.8 Å². The molecule has 0 N–H and O–H groups in total. The van der Waals surface area contributed by atoms with Gasteiger partial charge in [-0.2, -0.15) is 0 Å². The van der Waals surface area contributed by atoms with Crippen molar-refractivity contribution in [2.45, 2.75) is 24.9 Å². The first-order chi connectivity index (χ1) is 7.52. The lowest BCUT2D eigenvalue weighted by Gasteiger charge is -2.26. The third-order valence-corrected chi connectivity index (χ3v) is 5.16. The van der Waals surface area contributed by atoms with Gasteiger partial charge in [0.2, 0.25) is 0 Å². The summed E-state index contributed by atoms with van der Waals surface area (Å²) in [5.74, 6) is 0.842. The summed E-state index contributed by atoms with van der Waals surface area (Å²) in [4.78, 5) is 12.2. The summed E-state index contributed by atoms with van der Waals surface area (Å²) in [5, 5.41) is 0.00450. The molecule has 1 unspecified atom stereocenters. The van der Waals surface area contributed by atoms with E-state index in [-0.39, 0.29) is 16.9 Å². The number of carbonyl (C=O) groups excluding carboxylic acids is 1. The molecule has 16 heavy (non-hydrogen) atoms. The van der Waals surface area contributed by atoms with Gasteiger partial charge in [0.1, 0.15) is 5.82 Å². The van der Waals surface area contributed by atoms with Crippen molar-refractivity contribution in [3.05, 3.63) is 33.5 Å². The number of benzene rings is 1. The Morgan fingerprint density at radius 2 is 2.19 bits per heavy atom. The summed E-state index contributed by atoms with van der Waals surface area (Å²) in [5.41, 5.74) is 1.47. The van der Waals surface area contributed by atoms with Gasteiger partial charge in [0.05, 0.1) is 9.72 Å². The number of halogens is 2. The Morgan fingerprint density at radius 3 is 2.81 bits per heavy atom. The normalized spacial score (nSPS) is 20.1. The summed E-state index contributed by atoms with van der Waals surface area (Å²) in [6, 6.07) is 2.96. The summed E-state index contributed by atoms with van der Waals surface area (Å²) < 4.78 is 13.8. The third kappa shape index (κ3) is 1.93. The first kappa shape index (κ1) is 12.1. The molecule has 1 aliphatic rings. The molecule has 0 radical (unpaired) electrons. The molecule has 0 amide bonds. The molecule has 0 saturated heterocycles. The quantitative estimate of drug-likeness (QED) is 0.779. The summed E-state index contributed by atoms with van der Waals surface area (Å²) in [7, 11) is 0. The van der Waals surface area contributed by atoms with E-state index in [1.165, 1.54) is 6.07 Å². The lowest BCUT2D eigenvalue weighted by molar-refractivity contribution is 0.0973. The molecule has 1 aliphatic heterocycles. The van der Waals surface area contributed by atoms with Crippen LogP contribution in [0.5, 0.6) is 0 Å². The van der Waals surface area contributed by atoms with E-state index in [1.54, 1.807) is 17.8 Å². The molecule has 4 heteroatoms. The zero-order valence-corrected chi connectivity index (χ0v) is 11.5. The Labute approximate surface area is 107 Å². The first-order valence-electron chi connectivity index (χ1n) is 5.15. The number of hydrogen-bond acceptors (Lipinski definition) is 2. The van der Waals surface area contributed by atoms with Gasteiger partial charge < -0.3 is 0 Å². The minimum Gasteiger partial charge on any atom is -0.293 e. The molecule has 1 aromatic rings. The summed E-state index contributed by atoms with van der Waals surface area (Å²) >= 11 is 4.81. The molecule has 0 saturated carbocycles. The Bertz CT molecular complexity index is 445. The molecule has 1 atom stereocenters.